The molecule has 1 atom stereocenters. The molecule has 0 saturated heterocycles. The van der Waals surface area contributed by atoms with Crippen molar-refractivity contribution in [1.82, 2.24) is 4.98 Å². The lowest BCUT2D eigenvalue weighted by molar-refractivity contribution is 0.225. The molecule has 0 aliphatic rings. The van der Waals surface area contributed by atoms with Crippen molar-refractivity contribution in [3.05, 3.63) is 63.0 Å². The van der Waals surface area contributed by atoms with Crippen molar-refractivity contribution in [2.45, 2.75) is 6.10 Å². The Balaban J connectivity index is 2.14. The normalized spacial score (nSPS) is 12.8. The highest BCUT2D eigenvalue weighted by Crippen LogP contribution is 2.33. The first-order valence-corrected chi connectivity index (χ1v) is 7.17. The number of pyridine rings is 1. The molecule has 0 aliphatic heterocycles. The first-order valence-electron chi connectivity index (χ1n) is 5.50. The monoisotopic (exact) mass is 319 g/mol. The number of hydrogen-bond acceptors (Lipinski definition) is 3. The molecule has 2 aromatic heterocycles. The lowest BCUT2D eigenvalue weighted by Gasteiger charge is -2.11. The molecular weight excluding hydrogens is 310 g/mol. The van der Waals surface area contributed by atoms with Crippen LogP contribution in [0.1, 0.15) is 16.5 Å². The van der Waals surface area contributed by atoms with Gasteiger partial charge in [0.15, 0.2) is 0 Å². The molecule has 0 fully saturated rings. The molecule has 3 rings (SSSR count). The van der Waals surface area contributed by atoms with Crippen LogP contribution in [-0.4, -0.2) is 10.1 Å². The third-order valence-corrected chi connectivity index (χ3v) is 4.61. The lowest BCUT2D eigenvalue weighted by Crippen LogP contribution is -1.98. The zero-order valence-electron chi connectivity index (χ0n) is 9.38. The largest absolute Gasteiger partial charge is 0.383 e. The van der Waals surface area contributed by atoms with Crippen LogP contribution in [-0.2, 0) is 0 Å². The zero-order valence-corrected chi connectivity index (χ0v) is 11.8. The van der Waals surface area contributed by atoms with E-state index < -0.39 is 6.10 Å². The van der Waals surface area contributed by atoms with Gasteiger partial charge in [0.05, 0.1) is 0 Å². The van der Waals surface area contributed by atoms with Crippen molar-refractivity contribution in [2.75, 3.05) is 0 Å². The van der Waals surface area contributed by atoms with Crippen molar-refractivity contribution < 1.29 is 5.11 Å². The molecule has 0 spiro atoms. The van der Waals surface area contributed by atoms with Gasteiger partial charge in [-0.3, -0.25) is 4.98 Å². The second kappa shape index (κ2) is 4.80. The molecular formula is C14H10BrNOS. The highest BCUT2D eigenvalue weighted by atomic mass is 79.9. The van der Waals surface area contributed by atoms with Gasteiger partial charge in [0.2, 0.25) is 0 Å². The van der Waals surface area contributed by atoms with Crippen LogP contribution in [0.25, 0.3) is 10.8 Å². The van der Waals surface area contributed by atoms with E-state index in [9.17, 15) is 5.11 Å². The summed E-state index contributed by atoms with van der Waals surface area (Å²) in [5.74, 6) is 0. The zero-order chi connectivity index (χ0) is 12.5. The predicted octanol–water partition coefficient (Wildman–Crippen LogP) is 4.14. The molecule has 0 saturated carbocycles. The Morgan fingerprint density at radius 1 is 1.28 bits per heavy atom. The van der Waals surface area contributed by atoms with Crippen molar-refractivity contribution in [3.63, 3.8) is 0 Å². The summed E-state index contributed by atoms with van der Waals surface area (Å²) in [6.45, 7) is 0. The summed E-state index contributed by atoms with van der Waals surface area (Å²) < 4.78 is 1.00. The van der Waals surface area contributed by atoms with Crippen molar-refractivity contribution in [1.29, 1.82) is 0 Å². The van der Waals surface area contributed by atoms with Crippen LogP contribution in [0.2, 0.25) is 0 Å². The van der Waals surface area contributed by atoms with Crippen LogP contribution in [0, 0.1) is 0 Å². The number of hydrogen-bond donors (Lipinski definition) is 1. The maximum atomic E-state index is 10.5. The van der Waals surface area contributed by atoms with Crippen LogP contribution in [0.3, 0.4) is 0 Å². The maximum absolute atomic E-state index is 10.5. The van der Waals surface area contributed by atoms with Gasteiger partial charge in [-0.25, -0.2) is 0 Å². The highest BCUT2D eigenvalue weighted by molar-refractivity contribution is 9.10. The molecule has 4 heteroatoms. The van der Waals surface area contributed by atoms with Crippen LogP contribution in [0.5, 0.6) is 0 Å². The number of fused-ring (bicyclic) bond motifs is 1. The second-order valence-corrected chi connectivity index (χ2v) is 5.87. The van der Waals surface area contributed by atoms with E-state index in [1.54, 1.807) is 17.5 Å². The van der Waals surface area contributed by atoms with Crippen LogP contribution in [0.15, 0.2) is 52.6 Å². The predicted molar refractivity (Wildman–Crippen MR) is 77.8 cm³/mol. The molecule has 0 amide bonds. The fourth-order valence-electron chi connectivity index (χ4n) is 2.01. The first-order chi connectivity index (χ1) is 8.75. The van der Waals surface area contributed by atoms with E-state index >= 15 is 0 Å². The molecule has 0 radical (unpaired) electrons. The van der Waals surface area contributed by atoms with Crippen LogP contribution < -0.4 is 0 Å². The van der Waals surface area contributed by atoms with E-state index in [1.165, 1.54) is 0 Å². The van der Waals surface area contributed by atoms with Gasteiger partial charge >= 0.3 is 0 Å². The Labute approximate surface area is 117 Å². The fraction of sp³-hybridized carbons (Fsp3) is 0.0714. The summed E-state index contributed by atoms with van der Waals surface area (Å²) in [4.78, 5) is 5.04. The van der Waals surface area contributed by atoms with Crippen molar-refractivity contribution >= 4 is 38.0 Å². The Morgan fingerprint density at radius 2 is 2.17 bits per heavy atom. The third kappa shape index (κ3) is 2.07. The minimum atomic E-state index is -0.590. The number of thiophene rings is 1. The molecule has 2 heterocycles. The van der Waals surface area contributed by atoms with Gasteiger partial charge in [-0.15, -0.1) is 11.3 Å². The number of benzene rings is 1. The van der Waals surface area contributed by atoms with Crippen molar-refractivity contribution in [2.24, 2.45) is 0 Å². The molecule has 1 unspecified atom stereocenters. The smallest absolute Gasteiger partial charge is 0.114 e. The summed E-state index contributed by atoms with van der Waals surface area (Å²) in [5, 5.41) is 14.5. The number of halogens is 1. The Morgan fingerprint density at radius 3 is 2.94 bits per heavy atom. The molecule has 0 bridgehead atoms. The van der Waals surface area contributed by atoms with E-state index in [0.29, 0.717) is 0 Å². The summed E-state index contributed by atoms with van der Waals surface area (Å²) in [6, 6.07) is 9.81. The Hall–Kier alpha value is -1.23. The maximum Gasteiger partial charge on any atom is 0.114 e. The third-order valence-electron chi connectivity index (χ3n) is 2.87. The van der Waals surface area contributed by atoms with E-state index in [-0.39, 0.29) is 0 Å². The summed E-state index contributed by atoms with van der Waals surface area (Å²) in [6.07, 6.45) is 2.98. The molecule has 1 N–H and O–H groups in total. The van der Waals surface area contributed by atoms with Gasteiger partial charge in [-0.1, -0.05) is 18.2 Å². The highest BCUT2D eigenvalue weighted by Gasteiger charge is 2.15. The summed E-state index contributed by atoms with van der Waals surface area (Å²) in [7, 11) is 0. The van der Waals surface area contributed by atoms with Gasteiger partial charge in [0.25, 0.3) is 0 Å². The Kier molecular flexibility index (Phi) is 3.16. The topological polar surface area (TPSA) is 33.1 Å². The van der Waals surface area contributed by atoms with Gasteiger partial charge in [-0.05, 0) is 39.0 Å². The number of aromatic nitrogens is 1. The first kappa shape index (κ1) is 11.8. The van der Waals surface area contributed by atoms with Gasteiger partial charge in [0.1, 0.15) is 6.10 Å². The van der Waals surface area contributed by atoms with E-state index in [0.717, 1.165) is 25.7 Å². The van der Waals surface area contributed by atoms with E-state index in [4.69, 9.17) is 0 Å². The molecule has 0 aliphatic carbocycles. The quantitative estimate of drug-likeness (QED) is 0.770. The van der Waals surface area contributed by atoms with Gasteiger partial charge in [0, 0.05) is 32.5 Å². The number of aliphatic hydroxyl groups excluding tert-OH is 1. The van der Waals surface area contributed by atoms with Crippen molar-refractivity contribution in [3.8, 4) is 0 Å². The number of nitrogens with zero attached hydrogens (tertiary/aromatic N) is 1. The average molecular weight is 320 g/mol. The number of rotatable bonds is 2. The summed E-state index contributed by atoms with van der Waals surface area (Å²) >= 11 is 4.96. The van der Waals surface area contributed by atoms with Gasteiger partial charge in [-0.2, -0.15) is 0 Å². The molecule has 3 aromatic rings. The SMILES string of the molecule is OC(c1cc(Br)cs1)c1cccc2cnccc12. The molecule has 18 heavy (non-hydrogen) atoms. The average Bonchev–Trinajstić information content (AvgIpc) is 2.84. The van der Waals surface area contributed by atoms with Gasteiger partial charge < -0.3 is 5.11 Å². The minimum absolute atomic E-state index is 0.590. The van der Waals surface area contributed by atoms with Crippen LogP contribution in [0.4, 0.5) is 0 Å². The second-order valence-electron chi connectivity index (χ2n) is 4.01. The molecule has 1 aromatic carbocycles. The summed E-state index contributed by atoms with van der Waals surface area (Å²) in [5.41, 5.74) is 0.921. The lowest BCUT2D eigenvalue weighted by atomic mass is 10.0. The fourth-order valence-corrected chi connectivity index (χ4v) is 3.46. The van der Waals surface area contributed by atoms with E-state index in [2.05, 4.69) is 20.9 Å². The standard InChI is InChI=1S/C14H10BrNOS/c15-10-6-13(18-8-10)14(17)12-3-1-2-9-7-16-5-4-11(9)12/h1-8,14,17H. The van der Waals surface area contributed by atoms with Crippen LogP contribution >= 0.6 is 27.3 Å². The molecule has 90 valence electrons. The minimum Gasteiger partial charge on any atom is -0.383 e. The van der Waals surface area contributed by atoms with E-state index in [1.807, 2.05) is 41.9 Å². The molecule has 2 nitrogen and oxygen atoms in total. The number of aliphatic hydroxyl groups is 1. The Bertz CT molecular complexity index is 690.